The molecule has 1 aliphatic heterocycles. The summed E-state index contributed by atoms with van der Waals surface area (Å²) in [5.74, 6) is -1.28. The molecule has 0 radical (unpaired) electrons. The van der Waals surface area contributed by atoms with Crippen LogP contribution < -0.4 is 0 Å². The SMILES string of the molecule is B=BOC(C(O)COB=BB)C1OC(C)(C(=O)O)CC(OB)C1C. The molecule has 7 nitrogen and oxygen atoms in total. The Hall–Kier alpha value is -0.660. The van der Waals surface area contributed by atoms with Gasteiger partial charge in [-0.1, -0.05) is 0 Å². The van der Waals surface area contributed by atoms with Gasteiger partial charge in [-0.05, 0) is 0 Å². The minimum atomic E-state index is -1.43. The first kappa shape index (κ1) is 21.4. The first-order chi connectivity index (χ1) is 11.3. The molecule has 1 rings (SSSR count). The van der Waals surface area contributed by atoms with Crippen molar-refractivity contribution < 1.29 is 33.7 Å². The van der Waals surface area contributed by atoms with Crippen LogP contribution in [0.3, 0.4) is 0 Å². The van der Waals surface area contributed by atoms with E-state index in [9.17, 15) is 15.0 Å². The molecule has 0 aromatic rings. The fourth-order valence-electron chi connectivity index (χ4n) is 2.88. The van der Waals surface area contributed by atoms with Gasteiger partial charge in [-0.25, -0.2) is 0 Å². The predicted octanol–water partition coefficient (Wildman–Crippen LogP) is -3.83. The quantitative estimate of drug-likeness (QED) is 0.418. The van der Waals surface area contributed by atoms with E-state index < -0.39 is 29.9 Å². The van der Waals surface area contributed by atoms with Crippen molar-refractivity contribution in [2.45, 2.75) is 50.3 Å². The molecular formula is C11H22B6O7. The van der Waals surface area contributed by atoms with Gasteiger partial charge in [0.1, 0.15) is 0 Å². The van der Waals surface area contributed by atoms with Crippen molar-refractivity contribution in [2.24, 2.45) is 5.92 Å². The number of aliphatic carboxylic acids is 1. The Morgan fingerprint density at radius 3 is 2.75 bits per heavy atom. The fourth-order valence-corrected chi connectivity index (χ4v) is 2.88. The van der Waals surface area contributed by atoms with Crippen LogP contribution in [0.5, 0.6) is 0 Å². The van der Waals surface area contributed by atoms with Gasteiger partial charge < -0.3 is 0 Å². The van der Waals surface area contributed by atoms with Crippen LogP contribution in [0.2, 0.25) is 0 Å². The summed E-state index contributed by atoms with van der Waals surface area (Å²) in [5, 5.41) is 19.9. The summed E-state index contributed by atoms with van der Waals surface area (Å²) in [5.41, 5.74) is -1.43. The molecule has 6 atom stereocenters. The Kier molecular flexibility index (Phi) is 8.67. The number of ether oxygens (including phenoxy) is 1. The van der Waals surface area contributed by atoms with Gasteiger partial charge in [0.2, 0.25) is 0 Å². The minimum absolute atomic E-state index is 0.0170. The monoisotopic (exact) mass is 332 g/mol. The topological polar surface area (TPSA) is 94.5 Å². The molecule has 0 bridgehead atoms. The number of rotatable bonds is 9. The zero-order valence-electron chi connectivity index (χ0n) is 14.7. The zero-order chi connectivity index (χ0) is 18.3. The third kappa shape index (κ3) is 5.17. The number of hydrogen-bond acceptors (Lipinski definition) is 6. The molecular weight excluding hydrogens is 309 g/mol. The zero-order valence-corrected chi connectivity index (χ0v) is 14.7. The molecule has 1 heterocycles. The molecule has 126 valence electrons. The molecule has 1 saturated heterocycles. The molecule has 0 aromatic carbocycles. The molecule has 13 heteroatoms. The van der Waals surface area contributed by atoms with E-state index in [1.165, 1.54) is 29.0 Å². The second kappa shape index (κ2) is 9.73. The van der Waals surface area contributed by atoms with E-state index in [-0.39, 0.29) is 25.0 Å². The number of carbonyl (C=O) groups is 1. The van der Waals surface area contributed by atoms with E-state index in [0.717, 1.165) is 0 Å². The van der Waals surface area contributed by atoms with E-state index >= 15 is 0 Å². The van der Waals surface area contributed by atoms with Crippen molar-refractivity contribution >= 4 is 49.8 Å². The molecule has 0 amide bonds. The first-order valence-corrected chi connectivity index (χ1v) is 7.92. The Morgan fingerprint density at radius 1 is 1.58 bits per heavy atom. The van der Waals surface area contributed by atoms with Gasteiger partial charge in [0.05, 0.1) is 0 Å². The maximum absolute atomic E-state index is 11.6. The Labute approximate surface area is 147 Å². The second-order valence-corrected chi connectivity index (χ2v) is 6.09. The molecule has 1 fully saturated rings. The van der Waals surface area contributed by atoms with Gasteiger partial charge in [0.25, 0.3) is 0 Å². The van der Waals surface area contributed by atoms with Crippen LogP contribution in [0, 0.1) is 5.92 Å². The van der Waals surface area contributed by atoms with Crippen LogP contribution in [0.25, 0.3) is 0 Å². The molecule has 0 spiro atoms. The van der Waals surface area contributed by atoms with Gasteiger partial charge in [0.15, 0.2) is 0 Å². The first-order valence-electron chi connectivity index (χ1n) is 7.92. The molecule has 0 aromatic heterocycles. The summed E-state index contributed by atoms with van der Waals surface area (Å²) in [6.07, 6.45) is -2.70. The van der Waals surface area contributed by atoms with Crippen LogP contribution in [-0.2, 0) is 23.5 Å². The number of aliphatic hydroxyl groups is 1. The van der Waals surface area contributed by atoms with Gasteiger partial charge in [-0.3, -0.25) is 0 Å². The fraction of sp³-hybridized carbons (Fsp3) is 0.909. The average molecular weight is 331 g/mol. The van der Waals surface area contributed by atoms with Crippen molar-refractivity contribution in [3.05, 3.63) is 0 Å². The van der Waals surface area contributed by atoms with Crippen molar-refractivity contribution in [3.63, 3.8) is 0 Å². The van der Waals surface area contributed by atoms with E-state index in [4.69, 9.17) is 18.7 Å². The van der Waals surface area contributed by atoms with E-state index in [0.29, 0.717) is 0 Å². The predicted molar refractivity (Wildman–Crippen MR) is 97.9 cm³/mol. The van der Waals surface area contributed by atoms with Crippen molar-refractivity contribution in [2.75, 3.05) is 6.61 Å². The Balaban J connectivity index is 3.03. The molecule has 1 aliphatic rings. The standard InChI is InChI=1S/C11H22B6O7/c1-5-7(23-14)3-11(2,10(19)20)22-8(5)9(24-16-13)6(18)4-21-17-15-12/h5-9,13,18H,3-4,12,14H2,1-2H3,(H,19,20). The molecule has 2 N–H and O–H groups in total. The maximum atomic E-state index is 11.6. The molecule has 0 saturated carbocycles. The van der Waals surface area contributed by atoms with Crippen molar-refractivity contribution in [1.82, 2.24) is 0 Å². The molecule has 0 aliphatic carbocycles. The van der Waals surface area contributed by atoms with Crippen LogP contribution in [-0.4, -0.2) is 96.7 Å². The van der Waals surface area contributed by atoms with Gasteiger partial charge in [-0.15, -0.1) is 0 Å². The average Bonchev–Trinajstić information content (AvgIpc) is 2.54. The summed E-state index contributed by atoms with van der Waals surface area (Å²) in [7, 11) is 9.50. The van der Waals surface area contributed by atoms with Crippen molar-refractivity contribution in [3.8, 4) is 0 Å². The Morgan fingerprint density at radius 2 is 2.25 bits per heavy atom. The summed E-state index contributed by atoms with van der Waals surface area (Å²) in [4.78, 5) is 11.6. The normalized spacial score (nSPS) is 32.0. The van der Waals surface area contributed by atoms with Crippen LogP contribution in [0.1, 0.15) is 20.3 Å². The second-order valence-electron chi connectivity index (χ2n) is 6.09. The molecule has 24 heavy (non-hydrogen) atoms. The number of aliphatic hydroxyl groups excluding tert-OH is 1. The van der Waals surface area contributed by atoms with Gasteiger partial charge in [0, 0.05) is 0 Å². The summed E-state index contributed by atoms with van der Waals surface area (Å²) in [6.45, 7) is 5.04. The Bertz CT molecular complexity index is 466. The van der Waals surface area contributed by atoms with Gasteiger partial charge >= 0.3 is 146 Å². The van der Waals surface area contributed by atoms with Crippen LogP contribution in [0.4, 0.5) is 0 Å². The molecule has 6 unspecified atom stereocenters. The number of hydrogen-bond donors (Lipinski definition) is 2. The van der Waals surface area contributed by atoms with E-state index in [1.807, 2.05) is 6.92 Å². The van der Waals surface area contributed by atoms with Crippen LogP contribution in [0.15, 0.2) is 0 Å². The third-order valence-electron chi connectivity index (χ3n) is 4.30. The van der Waals surface area contributed by atoms with Gasteiger partial charge in [-0.2, -0.15) is 0 Å². The van der Waals surface area contributed by atoms with Crippen LogP contribution >= 0.6 is 0 Å². The summed E-state index contributed by atoms with van der Waals surface area (Å²) >= 11 is 0. The summed E-state index contributed by atoms with van der Waals surface area (Å²) in [6, 6.07) is 0. The van der Waals surface area contributed by atoms with Crippen molar-refractivity contribution in [1.29, 1.82) is 0 Å². The number of carboxylic acids is 1. The third-order valence-corrected chi connectivity index (χ3v) is 4.30. The van der Waals surface area contributed by atoms with E-state index in [1.54, 1.807) is 14.4 Å². The number of carboxylic acid groups (broad SMARTS) is 1. The van der Waals surface area contributed by atoms with E-state index in [2.05, 4.69) is 7.37 Å². The summed E-state index contributed by atoms with van der Waals surface area (Å²) < 4.78 is 21.9.